The van der Waals surface area contributed by atoms with Crippen LogP contribution < -0.4 is 5.32 Å². The zero-order valence-electron chi connectivity index (χ0n) is 21.4. The van der Waals surface area contributed by atoms with E-state index in [-0.39, 0.29) is 38.9 Å². The fourth-order valence-electron chi connectivity index (χ4n) is 4.52. The van der Waals surface area contributed by atoms with Crippen LogP contribution in [0.15, 0.2) is 70.1 Å². The lowest BCUT2D eigenvalue weighted by atomic mass is 9.94. The lowest BCUT2D eigenvalue weighted by Gasteiger charge is -2.17. The first kappa shape index (κ1) is 29.1. The van der Waals surface area contributed by atoms with Gasteiger partial charge in [0.15, 0.2) is 15.7 Å². The van der Waals surface area contributed by atoms with Crippen molar-refractivity contribution in [3.05, 3.63) is 93.2 Å². The summed E-state index contributed by atoms with van der Waals surface area (Å²) in [5.41, 5.74) is 0.379. The molecule has 41 heavy (non-hydrogen) atoms. The van der Waals surface area contributed by atoms with Gasteiger partial charge in [0.05, 0.1) is 28.0 Å². The summed E-state index contributed by atoms with van der Waals surface area (Å²) in [5, 5.41) is 7.38. The van der Waals surface area contributed by atoms with Crippen LogP contribution in [0.2, 0.25) is 10.0 Å². The van der Waals surface area contributed by atoms with Gasteiger partial charge in [0.2, 0.25) is 5.91 Å². The van der Waals surface area contributed by atoms with Crippen LogP contribution in [0, 0.1) is 0 Å². The molecule has 3 aromatic carbocycles. The van der Waals surface area contributed by atoms with E-state index in [2.05, 4.69) is 15.5 Å². The van der Waals surface area contributed by atoms with Crippen molar-refractivity contribution in [1.82, 2.24) is 10.1 Å². The van der Waals surface area contributed by atoms with E-state index < -0.39 is 27.0 Å². The maximum atomic E-state index is 12.9. The van der Waals surface area contributed by atoms with Gasteiger partial charge in [-0.15, -0.1) is 0 Å². The van der Waals surface area contributed by atoms with E-state index in [0.717, 1.165) is 12.1 Å². The highest BCUT2D eigenvalue weighted by Crippen LogP contribution is 2.57. The zero-order chi connectivity index (χ0) is 29.6. The SMILES string of the molecule is CCS(=O)(=O)c1ccc(CC(=O)Nc2cc(Cl)c(C3(c4noc(-c5ccc(C(F)(F)F)cc5)n4)CC3)c(Cl)c2)cc1. The second kappa shape index (κ2) is 10.8. The number of benzene rings is 3. The number of hydrogen-bond donors (Lipinski definition) is 1. The number of anilines is 1. The number of halogens is 5. The maximum absolute atomic E-state index is 12.9. The Bertz CT molecular complexity index is 1690. The lowest BCUT2D eigenvalue weighted by molar-refractivity contribution is -0.137. The predicted molar refractivity (Wildman–Crippen MR) is 148 cm³/mol. The predicted octanol–water partition coefficient (Wildman–Crippen LogP) is 7.12. The van der Waals surface area contributed by atoms with Crippen molar-refractivity contribution in [3.63, 3.8) is 0 Å². The summed E-state index contributed by atoms with van der Waals surface area (Å²) in [7, 11) is -3.33. The summed E-state index contributed by atoms with van der Waals surface area (Å²) in [5.74, 6) is 0.00742. The standard InChI is InChI=1S/C28H22Cl2F3N3O4S/c1-2-41(38,39)20-9-3-16(4-10-20)13-23(37)34-19-14-21(29)24(22(30)15-19)27(11-12-27)26-35-25(40-36-26)17-5-7-18(8-6-17)28(31,32)33/h3-10,14-15H,2,11-13H2,1H3,(H,34,37). The van der Waals surface area contributed by atoms with Crippen LogP contribution in [0.1, 0.15) is 42.3 Å². The minimum absolute atomic E-state index is 0.00294. The number of nitrogens with one attached hydrogen (secondary N) is 1. The maximum Gasteiger partial charge on any atom is 0.416 e. The van der Waals surface area contributed by atoms with E-state index in [1.165, 1.54) is 24.3 Å². The molecule has 1 amide bonds. The van der Waals surface area contributed by atoms with Gasteiger partial charge in [0.25, 0.3) is 5.89 Å². The molecule has 0 spiro atoms. The fraction of sp³-hybridized carbons (Fsp3) is 0.250. The van der Waals surface area contributed by atoms with Gasteiger partial charge in [0.1, 0.15) is 0 Å². The van der Waals surface area contributed by atoms with Gasteiger partial charge >= 0.3 is 6.18 Å². The molecule has 1 aliphatic carbocycles. The molecule has 0 aliphatic heterocycles. The van der Waals surface area contributed by atoms with Crippen LogP contribution in [0.4, 0.5) is 18.9 Å². The Hall–Kier alpha value is -3.41. The highest BCUT2D eigenvalue weighted by Gasteiger charge is 2.52. The molecule has 4 aromatic rings. The molecule has 214 valence electrons. The second-order valence-corrected chi connectivity index (χ2v) is 12.8. The quantitative estimate of drug-likeness (QED) is 0.224. The minimum atomic E-state index is -4.46. The molecule has 13 heteroatoms. The average Bonchev–Trinajstić information content (AvgIpc) is 3.54. The van der Waals surface area contributed by atoms with Gasteiger partial charge in [-0.1, -0.05) is 47.4 Å². The minimum Gasteiger partial charge on any atom is -0.334 e. The van der Waals surface area contributed by atoms with Crippen molar-refractivity contribution >= 4 is 44.6 Å². The second-order valence-electron chi connectivity index (χ2n) is 9.67. The number of aromatic nitrogens is 2. The molecule has 1 aromatic heterocycles. The van der Waals surface area contributed by atoms with Crippen LogP contribution in [0.3, 0.4) is 0 Å². The summed E-state index contributed by atoms with van der Waals surface area (Å²) >= 11 is 13.3. The largest absolute Gasteiger partial charge is 0.416 e. The van der Waals surface area contributed by atoms with E-state index in [4.69, 9.17) is 27.7 Å². The Morgan fingerprint density at radius 1 is 1.02 bits per heavy atom. The molecule has 1 N–H and O–H groups in total. The normalized spacial score (nSPS) is 14.6. The van der Waals surface area contributed by atoms with Crippen LogP contribution >= 0.6 is 23.2 Å². The van der Waals surface area contributed by atoms with E-state index in [9.17, 15) is 26.4 Å². The van der Waals surface area contributed by atoms with Crippen LogP contribution in [0.5, 0.6) is 0 Å². The number of sulfone groups is 1. The van der Waals surface area contributed by atoms with E-state index in [1.807, 2.05) is 0 Å². The number of rotatable bonds is 8. The number of nitrogens with zero attached hydrogens (tertiary/aromatic N) is 2. The third kappa shape index (κ3) is 5.98. The Morgan fingerprint density at radius 2 is 1.63 bits per heavy atom. The molecular weight excluding hydrogens is 602 g/mol. The molecule has 7 nitrogen and oxygen atoms in total. The average molecular weight is 624 g/mol. The third-order valence-corrected chi connectivity index (χ3v) is 9.24. The molecule has 0 radical (unpaired) electrons. The number of carbonyl (C=O) groups is 1. The summed E-state index contributed by atoms with van der Waals surface area (Å²) in [6, 6.07) is 13.7. The Balaban J connectivity index is 1.31. The van der Waals surface area contributed by atoms with Crippen LogP contribution in [-0.2, 0) is 32.6 Å². The Morgan fingerprint density at radius 3 is 2.17 bits per heavy atom. The Labute approximate surface area is 243 Å². The molecule has 0 unspecified atom stereocenters. The Kier molecular flexibility index (Phi) is 7.65. The van der Waals surface area contributed by atoms with Gasteiger partial charge in [-0.25, -0.2) is 8.42 Å². The monoisotopic (exact) mass is 623 g/mol. The molecule has 0 saturated heterocycles. The van der Waals surface area contributed by atoms with E-state index >= 15 is 0 Å². The van der Waals surface area contributed by atoms with Crippen molar-refractivity contribution < 1.29 is 30.9 Å². The number of amides is 1. The number of hydrogen-bond acceptors (Lipinski definition) is 6. The molecule has 0 bridgehead atoms. The molecule has 0 atom stereocenters. The van der Waals surface area contributed by atoms with Crippen LogP contribution in [-0.4, -0.2) is 30.2 Å². The van der Waals surface area contributed by atoms with Crippen molar-refractivity contribution in [3.8, 4) is 11.5 Å². The first-order chi connectivity index (χ1) is 19.3. The summed E-state index contributed by atoms with van der Waals surface area (Å²) in [6.07, 6.45) is -3.22. The first-order valence-electron chi connectivity index (χ1n) is 12.5. The van der Waals surface area contributed by atoms with Crippen molar-refractivity contribution in [1.29, 1.82) is 0 Å². The third-order valence-electron chi connectivity index (χ3n) is 6.89. The van der Waals surface area contributed by atoms with E-state index in [1.54, 1.807) is 31.2 Å². The fourth-order valence-corrected chi connectivity index (χ4v) is 6.25. The zero-order valence-corrected chi connectivity index (χ0v) is 23.8. The highest BCUT2D eigenvalue weighted by atomic mass is 35.5. The van der Waals surface area contributed by atoms with Gasteiger partial charge < -0.3 is 9.84 Å². The molecule has 5 rings (SSSR count). The van der Waals surface area contributed by atoms with Gasteiger partial charge in [-0.05, 0) is 66.9 Å². The number of carbonyl (C=O) groups excluding carboxylic acids is 1. The van der Waals surface area contributed by atoms with Gasteiger partial charge in [-0.2, -0.15) is 18.2 Å². The smallest absolute Gasteiger partial charge is 0.334 e. The van der Waals surface area contributed by atoms with Gasteiger partial charge in [-0.3, -0.25) is 4.79 Å². The summed E-state index contributed by atoms with van der Waals surface area (Å²) < 4.78 is 68.0. The van der Waals surface area contributed by atoms with Crippen LogP contribution in [0.25, 0.3) is 11.5 Å². The van der Waals surface area contributed by atoms with Crippen molar-refractivity contribution in [2.45, 2.75) is 42.7 Å². The highest BCUT2D eigenvalue weighted by molar-refractivity contribution is 7.91. The molecule has 1 aliphatic rings. The summed E-state index contributed by atoms with van der Waals surface area (Å²) in [6.45, 7) is 1.56. The molecular formula is C28H22Cl2F3N3O4S. The molecule has 1 saturated carbocycles. The number of alkyl halides is 3. The topological polar surface area (TPSA) is 102 Å². The molecule has 1 heterocycles. The molecule has 1 fully saturated rings. The van der Waals surface area contributed by atoms with Gasteiger partial charge in [0, 0.05) is 26.9 Å². The van der Waals surface area contributed by atoms with Crippen molar-refractivity contribution in [2.75, 3.05) is 11.1 Å². The lowest BCUT2D eigenvalue weighted by Crippen LogP contribution is -2.16. The van der Waals surface area contributed by atoms with E-state index in [0.29, 0.717) is 41.0 Å². The first-order valence-corrected chi connectivity index (χ1v) is 14.9. The van der Waals surface area contributed by atoms with Crippen molar-refractivity contribution in [2.24, 2.45) is 0 Å². The summed E-state index contributed by atoms with van der Waals surface area (Å²) in [4.78, 5) is 17.3.